The molecule has 0 aliphatic heterocycles. The van der Waals surface area contributed by atoms with Gasteiger partial charge in [-0.05, 0) is 57.8 Å². The number of hydrogen-bond acceptors (Lipinski definition) is 5. The number of hydrogen-bond donors (Lipinski definition) is 3. The van der Waals surface area contributed by atoms with Crippen LogP contribution in [0.15, 0.2) is 24.3 Å². The van der Waals surface area contributed by atoms with E-state index in [4.69, 9.17) is 4.74 Å². The minimum atomic E-state index is -0.849. The van der Waals surface area contributed by atoms with Crippen LogP contribution in [0.2, 0.25) is 0 Å². The zero-order valence-corrected chi connectivity index (χ0v) is 48.7. The molecule has 0 fully saturated rings. The van der Waals surface area contributed by atoms with Crippen LogP contribution < -0.4 is 5.32 Å². The number of nitrogens with one attached hydrogen (secondary N) is 1. The second-order valence-electron chi connectivity index (χ2n) is 22.5. The second kappa shape index (κ2) is 61.9. The van der Waals surface area contributed by atoms with Crippen molar-refractivity contribution in [2.45, 2.75) is 373 Å². The average molecular weight is 1010 g/mol. The van der Waals surface area contributed by atoms with Crippen LogP contribution in [0.3, 0.4) is 0 Å². The van der Waals surface area contributed by atoms with Gasteiger partial charge in [-0.1, -0.05) is 314 Å². The molecule has 3 N–H and O–H groups in total. The van der Waals surface area contributed by atoms with Gasteiger partial charge in [-0.25, -0.2) is 0 Å². The third-order valence-corrected chi connectivity index (χ3v) is 15.2. The van der Waals surface area contributed by atoms with Gasteiger partial charge in [0, 0.05) is 12.8 Å². The minimum Gasteiger partial charge on any atom is -0.466 e. The molecule has 0 heterocycles. The Morgan fingerprint density at radius 3 is 0.986 bits per heavy atom. The Morgan fingerprint density at radius 2 is 0.653 bits per heavy atom. The van der Waals surface area contributed by atoms with Crippen molar-refractivity contribution in [1.82, 2.24) is 5.32 Å². The van der Waals surface area contributed by atoms with E-state index in [9.17, 15) is 19.8 Å². The Bertz CT molecular complexity index is 1120. The van der Waals surface area contributed by atoms with Gasteiger partial charge < -0.3 is 20.3 Å². The van der Waals surface area contributed by atoms with E-state index in [0.717, 1.165) is 44.9 Å². The molecule has 72 heavy (non-hydrogen) atoms. The van der Waals surface area contributed by atoms with Crippen LogP contribution >= 0.6 is 0 Å². The molecule has 0 aromatic carbocycles. The molecule has 0 rings (SSSR count). The highest BCUT2D eigenvalue weighted by molar-refractivity contribution is 5.76. The van der Waals surface area contributed by atoms with E-state index in [1.807, 2.05) is 6.08 Å². The lowest BCUT2D eigenvalue weighted by molar-refractivity contribution is -0.143. The van der Waals surface area contributed by atoms with Crippen molar-refractivity contribution in [2.75, 3.05) is 13.2 Å². The lowest BCUT2D eigenvalue weighted by atomic mass is 10.0. The SMILES string of the molecule is CCCCCCCCCCCCCCCCC/C=C/C(O)C(CO)NC(=O)CCCCCCCCC/C=C\CCCCCCCCCCCCCOC(=O)CCCCCCCCCCCCCCCCCC. The van der Waals surface area contributed by atoms with Gasteiger partial charge in [0.25, 0.3) is 0 Å². The van der Waals surface area contributed by atoms with Crippen LogP contribution in [0.4, 0.5) is 0 Å². The molecule has 6 heteroatoms. The van der Waals surface area contributed by atoms with Crippen LogP contribution in [0, 0.1) is 0 Å². The van der Waals surface area contributed by atoms with Crippen LogP contribution in [0.25, 0.3) is 0 Å². The Kier molecular flexibility index (Phi) is 60.5. The highest BCUT2D eigenvalue weighted by Gasteiger charge is 2.18. The standard InChI is InChI=1S/C66H127NO5/c1-3-5-7-9-11-13-15-17-19-27-30-34-38-42-46-50-54-58-64(69)63(62-68)67-65(70)59-55-51-47-43-39-35-31-28-25-23-21-22-24-26-29-33-37-41-45-49-53-57-61-72-66(71)60-56-52-48-44-40-36-32-20-18-16-14-12-10-8-6-4-2/h23,25,54,58,63-64,68-69H,3-22,24,26-53,55-57,59-62H2,1-2H3,(H,67,70)/b25-23-,58-54+. The number of esters is 1. The fourth-order valence-electron chi connectivity index (χ4n) is 10.2. The molecule has 2 atom stereocenters. The zero-order chi connectivity index (χ0) is 52.2. The summed E-state index contributed by atoms with van der Waals surface area (Å²) < 4.78 is 5.49. The maximum Gasteiger partial charge on any atom is 0.305 e. The van der Waals surface area contributed by atoms with Crippen molar-refractivity contribution in [3.8, 4) is 0 Å². The van der Waals surface area contributed by atoms with E-state index < -0.39 is 12.1 Å². The van der Waals surface area contributed by atoms with E-state index in [2.05, 4.69) is 31.3 Å². The number of amides is 1. The first-order valence-corrected chi connectivity index (χ1v) is 32.6. The zero-order valence-electron chi connectivity index (χ0n) is 48.7. The first kappa shape index (κ1) is 70.3. The van der Waals surface area contributed by atoms with Crippen LogP contribution in [-0.4, -0.2) is 47.4 Å². The lowest BCUT2D eigenvalue weighted by Crippen LogP contribution is -2.45. The maximum absolute atomic E-state index is 12.5. The van der Waals surface area contributed by atoms with Gasteiger partial charge in [-0.2, -0.15) is 0 Å². The molecule has 6 nitrogen and oxygen atoms in total. The highest BCUT2D eigenvalue weighted by Crippen LogP contribution is 2.18. The van der Waals surface area contributed by atoms with Gasteiger partial charge in [0.1, 0.15) is 0 Å². The average Bonchev–Trinajstić information content (AvgIpc) is 3.38. The molecule has 0 saturated heterocycles. The summed E-state index contributed by atoms with van der Waals surface area (Å²) in [6, 6.07) is -0.633. The van der Waals surface area contributed by atoms with Gasteiger partial charge in [-0.15, -0.1) is 0 Å². The largest absolute Gasteiger partial charge is 0.466 e. The normalized spacial score (nSPS) is 12.7. The number of carbonyl (C=O) groups is 2. The molecule has 0 aliphatic rings. The van der Waals surface area contributed by atoms with Gasteiger partial charge in [0.15, 0.2) is 0 Å². The predicted octanol–water partition coefficient (Wildman–Crippen LogP) is 20.6. The van der Waals surface area contributed by atoms with E-state index in [1.165, 1.54) is 289 Å². The molecule has 1 amide bonds. The van der Waals surface area contributed by atoms with E-state index in [-0.39, 0.29) is 18.5 Å². The maximum atomic E-state index is 12.5. The molecular formula is C66H127NO5. The summed E-state index contributed by atoms with van der Waals surface area (Å²) in [6.45, 7) is 4.93. The number of rotatable bonds is 61. The number of carbonyl (C=O) groups excluding carboxylic acids is 2. The molecule has 0 aliphatic carbocycles. The summed E-state index contributed by atoms with van der Waals surface area (Å²) in [5.74, 6) is -0.0591. The third-order valence-electron chi connectivity index (χ3n) is 15.2. The third kappa shape index (κ3) is 57.6. The van der Waals surface area contributed by atoms with Gasteiger partial charge in [0.2, 0.25) is 5.91 Å². The van der Waals surface area contributed by atoms with Crippen molar-refractivity contribution in [2.24, 2.45) is 0 Å². The Morgan fingerprint density at radius 1 is 0.375 bits per heavy atom. The number of aliphatic hydroxyl groups is 2. The molecule has 0 bridgehead atoms. The van der Waals surface area contributed by atoms with Crippen molar-refractivity contribution >= 4 is 11.9 Å². The van der Waals surface area contributed by atoms with Gasteiger partial charge in [-0.3, -0.25) is 9.59 Å². The summed E-state index contributed by atoms with van der Waals surface area (Å²) in [4.78, 5) is 24.6. The molecule has 0 aromatic heterocycles. The first-order chi connectivity index (χ1) is 35.5. The van der Waals surface area contributed by atoms with Gasteiger partial charge in [0.05, 0.1) is 25.4 Å². The van der Waals surface area contributed by atoms with Crippen molar-refractivity contribution in [3.05, 3.63) is 24.3 Å². The molecular weight excluding hydrogens is 887 g/mol. The molecule has 0 aromatic rings. The van der Waals surface area contributed by atoms with E-state index in [0.29, 0.717) is 19.4 Å². The second-order valence-corrected chi connectivity index (χ2v) is 22.5. The topological polar surface area (TPSA) is 95.9 Å². The fraction of sp³-hybridized carbons (Fsp3) is 0.909. The van der Waals surface area contributed by atoms with E-state index in [1.54, 1.807) is 6.08 Å². The summed E-state index contributed by atoms with van der Waals surface area (Å²) >= 11 is 0. The number of unbranched alkanes of at least 4 members (excludes halogenated alkanes) is 48. The molecule has 0 radical (unpaired) electrons. The van der Waals surface area contributed by atoms with Crippen molar-refractivity contribution in [3.63, 3.8) is 0 Å². The Balaban J connectivity index is 3.42. The van der Waals surface area contributed by atoms with E-state index >= 15 is 0 Å². The van der Waals surface area contributed by atoms with Gasteiger partial charge >= 0.3 is 5.97 Å². The highest BCUT2D eigenvalue weighted by atomic mass is 16.5. The summed E-state index contributed by atoms with van der Waals surface area (Å²) in [5.41, 5.74) is 0. The Hall–Kier alpha value is -1.66. The summed E-state index contributed by atoms with van der Waals surface area (Å²) in [7, 11) is 0. The minimum absolute atomic E-state index is 0.0134. The quantitative estimate of drug-likeness (QED) is 0.0320. The van der Waals surface area contributed by atoms with Crippen LogP contribution in [0.1, 0.15) is 361 Å². The molecule has 0 saturated carbocycles. The summed E-state index contributed by atoms with van der Waals surface area (Å²) in [5, 5.41) is 23.2. The fourth-order valence-corrected chi connectivity index (χ4v) is 10.2. The number of ether oxygens (including phenoxy) is 1. The smallest absolute Gasteiger partial charge is 0.305 e. The molecule has 0 spiro atoms. The number of allylic oxidation sites excluding steroid dienone is 3. The monoisotopic (exact) mass is 1010 g/mol. The number of aliphatic hydroxyl groups excluding tert-OH is 2. The predicted molar refractivity (Wildman–Crippen MR) is 315 cm³/mol. The molecule has 2 unspecified atom stereocenters. The van der Waals surface area contributed by atoms with Crippen LogP contribution in [-0.2, 0) is 14.3 Å². The first-order valence-electron chi connectivity index (χ1n) is 32.6. The summed E-state index contributed by atoms with van der Waals surface area (Å²) in [6.07, 6.45) is 76.5. The van der Waals surface area contributed by atoms with Crippen molar-refractivity contribution < 1.29 is 24.5 Å². The lowest BCUT2D eigenvalue weighted by Gasteiger charge is -2.20. The molecule has 426 valence electrons. The van der Waals surface area contributed by atoms with Crippen molar-refractivity contribution in [1.29, 1.82) is 0 Å². The van der Waals surface area contributed by atoms with Crippen LogP contribution in [0.5, 0.6) is 0 Å². The Labute approximate surface area is 450 Å².